The maximum atomic E-state index is 13.6. The van der Waals surface area contributed by atoms with Crippen molar-refractivity contribution in [3.8, 4) is 11.3 Å². The van der Waals surface area contributed by atoms with Crippen molar-refractivity contribution in [3.05, 3.63) is 83.1 Å². The average molecular weight is 460 g/mol. The highest BCUT2D eigenvalue weighted by Crippen LogP contribution is 2.26. The number of aryl methyl sites for hydroxylation is 1. The number of nitrogens with zero attached hydrogens (tertiary/aromatic N) is 5. The normalized spacial score (nSPS) is 14.7. The molecule has 33 heavy (non-hydrogen) atoms. The molecular formula is C26H26ClN5O. The molecule has 7 heteroatoms. The van der Waals surface area contributed by atoms with E-state index < -0.39 is 0 Å². The lowest BCUT2D eigenvalue weighted by Gasteiger charge is -2.35. The van der Waals surface area contributed by atoms with E-state index in [2.05, 4.69) is 16.1 Å². The number of amides is 1. The Bertz CT molecular complexity index is 1290. The van der Waals surface area contributed by atoms with Crippen molar-refractivity contribution in [1.82, 2.24) is 24.6 Å². The minimum absolute atomic E-state index is 0.0510. The molecule has 0 saturated carbocycles. The Morgan fingerprint density at radius 2 is 1.79 bits per heavy atom. The number of piperazine rings is 1. The minimum Gasteiger partial charge on any atom is -0.336 e. The van der Waals surface area contributed by atoms with E-state index in [9.17, 15) is 4.79 Å². The number of rotatable bonds is 5. The Kier molecular flexibility index (Phi) is 6.11. The summed E-state index contributed by atoms with van der Waals surface area (Å²) in [6, 6.07) is 17.7. The van der Waals surface area contributed by atoms with Gasteiger partial charge in [0.05, 0.1) is 23.0 Å². The zero-order valence-corrected chi connectivity index (χ0v) is 19.4. The van der Waals surface area contributed by atoms with Crippen molar-refractivity contribution in [2.45, 2.75) is 20.0 Å². The molecule has 0 unspecified atom stereocenters. The predicted molar refractivity (Wildman–Crippen MR) is 131 cm³/mol. The predicted octanol–water partition coefficient (Wildman–Crippen LogP) is 4.73. The van der Waals surface area contributed by atoms with E-state index in [4.69, 9.17) is 16.6 Å². The molecule has 1 aliphatic rings. The first-order valence-electron chi connectivity index (χ1n) is 11.3. The fraction of sp³-hybridized carbons (Fsp3) is 0.269. The maximum Gasteiger partial charge on any atom is 0.254 e. The van der Waals surface area contributed by atoms with Crippen molar-refractivity contribution < 1.29 is 4.79 Å². The standard InChI is InChI=1S/C26H26ClN5O/c1-2-32-18-20(16-28-32)25-15-22(21-8-4-6-10-24(21)29-25)26(33)31-13-11-30(12-14-31)17-19-7-3-5-9-23(19)27/h3-10,15-16,18H,2,11-14,17H2,1H3. The average Bonchev–Trinajstić information content (AvgIpc) is 3.34. The number of aromatic nitrogens is 3. The van der Waals surface area contributed by atoms with Crippen LogP contribution in [0.1, 0.15) is 22.8 Å². The number of carbonyl (C=O) groups is 1. The van der Waals surface area contributed by atoms with Crippen LogP contribution in [0.4, 0.5) is 0 Å². The Labute approximate surface area is 198 Å². The fourth-order valence-corrected chi connectivity index (χ4v) is 4.51. The van der Waals surface area contributed by atoms with Gasteiger partial charge in [0.25, 0.3) is 5.91 Å². The number of hydrogen-bond donors (Lipinski definition) is 0. The summed E-state index contributed by atoms with van der Waals surface area (Å²) in [6.07, 6.45) is 3.78. The number of benzene rings is 2. The molecule has 1 aliphatic heterocycles. The van der Waals surface area contributed by atoms with E-state index in [-0.39, 0.29) is 5.91 Å². The van der Waals surface area contributed by atoms with Gasteiger partial charge >= 0.3 is 0 Å². The first-order valence-corrected chi connectivity index (χ1v) is 11.7. The van der Waals surface area contributed by atoms with Gasteiger partial charge in [-0.2, -0.15) is 5.10 Å². The van der Waals surface area contributed by atoms with E-state index >= 15 is 0 Å². The van der Waals surface area contributed by atoms with Gasteiger partial charge in [-0.1, -0.05) is 48.0 Å². The van der Waals surface area contributed by atoms with Crippen LogP contribution in [0, 0.1) is 0 Å². The fourth-order valence-electron chi connectivity index (χ4n) is 4.32. The summed E-state index contributed by atoms with van der Waals surface area (Å²) in [5.74, 6) is 0.0510. The Balaban J connectivity index is 1.37. The molecule has 1 saturated heterocycles. The van der Waals surface area contributed by atoms with Crippen LogP contribution >= 0.6 is 11.6 Å². The summed E-state index contributed by atoms with van der Waals surface area (Å²) in [4.78, 5) is 22.7. The van der Waals surface area contributed by atoms with Crippen LogP contribution in [0.15, 0.2) is 67.0 Å². The van der Waals surface area contributed by atoms with E-state index in [1.54, 1.807) is 0 Å². The summed E-state index contributed by atoms with van der Waals surface area (Å²) in [6.45, 7) is 6.63. The zero-order chi connectivity index (χ0) is 22.8. The molecule has 0 spiro atoms. The first-order chi connectivity index (χ1) is 16.1. The third kappa shape index (κ3) is 4.49. The van der Waals surface area contributed by atoms with Gasteiger partial charge in [-0.05, 0) is 30.7 Å². The van der Waals surface area contributed by atoms with Crippen LogP contribution < -0.4 is 0 Å². The van der Waals surface area contributed by atoms with Gasteiger partial charge in [-0.25, -0.2) is 4.98 Å². The van der Waals surface area contributed by atoms with Crippen molar-refractivity contribution in [2.24, 2.45) is 0 Å². The van der Waals surface area contributed by atoms with Crippen molar-refractivity contribution in [1.29, 1.82) is 0 Å². The second kappa shape index (κ2) is 9.33. The van der Waals surface area contributed by atoms with Gasteiger partial charge in [0.15, 0.2) is 0 Å². The highest BCUT2D eigenvalue weighted by Gasteiger charge is 2.25. The molecule has 2 aromatic heterocycles. The summed E-state index contributed by atoms with van der Waals surface area (Å²) in [7, 11) is 0. The zero-order valence-electron chi connectivity index (χ0n) is 18.6. The van der Waals surface area contributed by atoms with E-state index in [0.717, 1.165) is 58.9 Å². The smallest absolute Gasteiger partial charge is 0.254 e. The molecule has 2 aromatic carbocycles. The SMILES string of the molecule is CCn1cc(-c2cc(C(=O)N3CCN(Cc4ccccc4Cl)CC3)c3ccccc3n2)cn1. The third-order valence-electron chi connectivity index (χ3n) is 6.21. The van der Waals surface area contributed by atoms with Crippen LogP contribution in [0.2, 0.25) is 5.02 Å². The molecule has 0 aliphatic carbocycles. The van der Waals surface area contributed by atoms with Gasteiger partial charge < -0.3 is 4.90 Å². The summed E-state index contributed by atoms with van der Waals surface area (Å²) < 4.78 is 1.87. The van der Waals surface area contributed by atoms with Gasteiger partial charge in [-0.15, -0.1) is 0 Å². The number of para-hydroxylation sites is 1. The number of pyridine rings is 1. The van der Waals surface area contributed by atoms with E-state index in [1.807, 2.05) is 77.4 Å². The molecule has 0 bridgehead atoms. The summed E-state index contributed by atoms with van der Waals surface area (Å²) in [5.41, 5.74) is 4.33. The molecule has 5 rings (SSSR count). The van der Waals surface area contributed by atoms with Gasteiger partial charge in [-0.3, -0.25) is 14.4 Å². The molecule has 0 radical (unpaired) electrons. The van der Waals surface area contributed by atoms with E-state index in [0.29, 0.717) is 18.7 Å². The molecule has 0 atom stereocenters. The number of fused-ring (bicyclic) bond motifs is 1. The van der Waals surface area contributed by atoms with Crippen LogP contribution in [0.5, 0.6) is 0 Å². The molecule has 1 fully saturated rings. The second-order valence-corrected chi connectivity index (χ2v) is 8.72. The monoisotopic (exact) mass is 459 g/mol. The number of hydrogen-bond acceptors (Lipinski definition) is 4. The maximum absolute atomic E-state index is 13.6. The summed E-state index contributed by atoms with van der Waals surface area (Å²) >= 11 is 6.33. The Morgan fingerprint density at radius 3 is 2.55 bits per heavy atom. The molecule has 1 amide bonds. The van der Waals surface area contributed by atoms with Crippen LogP contribution in [0.3, 0.4) is 0 Å². The van der Waals surface area contributed by atoms with Crippen LogP contribution in [-0.2, 0) is 13.1 Å². The largest absolute Gasteiger partial charge is 0.336 e. The minimum atomic E-state index is 0.0510. The van der Waals surface area contributed by atoms with Crippen molar-refractivity contribution >= 4 is 28.4 Å². The van der Waals surface area contributed by atoms with Crippen LogP contribution in [0.25, 0.3) is 22.2 Å². The third-order valence-corrected chi connectivity index (χ3v) is 6.58. The Hall–Kier alpha value is -3.22. The quantitative estimate of drug-likeness (QED) is 0.433. The lowest BCUT2D eigenvalue weighted by Crippen LogP contribution is -2.48. The van der Waals surface area contributed by atoms with Gasteiger partial charge in [0.2, 0.25) is 0 Å². The van der Waals surface area contributed by atoms with Crippen molar-refractivity contribution in [3.63, 3.8) is 0 Å². The number of carbonyl (C=O) groups excluding carboxylic acids is 1. The molecule has 3 heterocycles. The van der Waals surface area contributed by atoms with Gasteiger partial charge in [0, 0.05) is 61.4 Å². The molecule has 168 valence electrons. The van der Waals surface area contributed by atoms with Crippen LogP contribution in [-0.4, -0.2) is 56.7 Å². The highest BCUT2D eigenvalue weighted by molar-refractivity contribution is 6.31. The topological polar surface area (TPSA) is 54.3 Å². The van der Waals surface area contributed by atoms with Crippen molar-refractivity contribution in [2.75, 3.05) is 26.2 Å². The molecule has 4 aromatic rings. The number of halogens is 1. The molecular weight excluding hydrogens is 434 g/mol. The Morgan fingerprint density at radius 1 is 1.03 bits per heavy atom. The lowest BCUT2D eigenvalue weighted by molar-refractivity contribution is 0.0630. The summed E-state index contributed by atoms with van der Waals surface area (Å²) in [5, 5.41) is 6.04. The lowest BCUT2D eigenvalue weighted by atomic mass is 10.0. The van der Waals surface area contributed by atoms with E-state index in [1.165, 1.54) is 0 Å². The molecule has 6 nitrogen and oxygen atoms in total. The second-order valence-electron chi connectivity index (χ2n) is 8.32. The molecule has 0 N–H and O–H groups in total. The van der Waals surface area contributed by atoms with Gasteiger partial charge in [0.1, 0.15) is 0 Å². The first kappa shape index (κ1) is 21.6. The highest BCUT2D eigenvalue weighted by atomic mass is 35.5.